The fourth-order valence-corrected chi connectivity index (χ4v) is 7.21. The molecule has 1 fully saturated rings. The maximum atomic E-state index is 13.3. The van der Waals surface area contributed by atoms with E-state index in [0.29, 0.717) is 22.8 Å². The molecule has 2 aromatic rings. The summed E-state index contributed by atoms with van der Waals surface area (Å²) in [6.45, 7) is 9.51. The summed E-state index contributed by atoms with van der Waals surface area (Å²) in [4.78, 5) is 29.4. The first-order chi connectivity index (χ1) is 17.4. The zero-order valence-corrected chi connectivity index (χ0v) is 23.3. The number of ether oxygens (including phenoxy) is 1. The molecular weight excluding hydrogens is 488 g/mol. The standard InChI is InChI=1S/C29H38N2O5S/c1-20-18-30(28(33)36-24-9-7-6-8-10-24)27-17-23(13-16-26(27)31(20)21(2)32)22-11-14-25(15-12-22)37(34,35)19-29(3,4)5/h11-17,20,24H,6-10,18-19H2,1-5H3/t20-/m0/s1. The number of anilines is 2. The highest BCUT2D eigenvalue weighted by Crippen LogP contribution is 2.40. The van der Waals surface area contributed by atoms with Gasteiger partial charge in [0.05, 0.1) is 28.1 Å². The Labute approximate surface area is 220 Å². The predicted molar refractivity (Wildman–Crippen MR) is 147 cm³/mol. The van der Waals surface area contributed by atoms with Crippen LogP contribution < -0.4 is 9.80 Å². The highest BCUT2D eigenvalue weighted by atomic mass is 32.2. The zero-order chi connectivity index (χ0) is 27.0. The number of carbonyl (C=O) groups is 2. The van der Waals surface area contributed by atoms with Gasteiger partial charge < -0.3 is 9.64 Å². The first-order valence-electron chi connectivity index (χ1n) is 13.1. The van der Waals surface area contributed by atoms with Crippen molar-refractivity contribution >= 4 is 33.2 Å². The van der Waals surface area contributed by atoms with Gasteiger partial charge >= 0.3 is 6.09 Å². The van der Waals surface area contributed by atoms with Gasteiger partial charge in [-0.1, -0.05) is 45.4 Å². The summed E-state index contributed by atoms with van der Waals surface area (Å²) in [5.41, 5.74) is 2.60. The molecule has 1 saturated carbocycles. The largest absolute Gasteiger partial charge is 0.446 e. The van der Waals surface area contributed by atoms with Crippen molar-refractivity contribution < 1.29 is 22.7 Å². The molecule has 0 saturated heterocycles. The van der Waals surface area contributed by atoms with Gasteiger partial charge in [0, 0.05) is 13.5 Å². The van der Waals surface area contributed by atoms with E-state index in [-0.39, 0.29) is 35.3 Å². The van der Waals surface area contributed by atoms with Crippen molar-refractivity contribution in [2.24, 2.45) is 5.41 Å². The van der Waals surface area contributed by atoms with Crippen LogP contribution in [0.4, 0.5) is 16.2 Å². The summed E-state index contributed by atoms with van der Waals surface area (Å²) in [7, 11) is -3.40. The number of benzene rings is 2. The van der Waals surface area contributed by atoms with Gasteiger partial charge in [-0.15, -0.1) is 0 Å². The Morgan fingerprint density at radius 2 is 1.57 bits per heavy atom. The average molecular weight is 527 g/mol. The SMILES string of the molecule is CC(=O)N1c2ccc(-c3ccc(S(=O)(=O)CC(C)(C)C)cc3)cc2N(C(=O)OC2CCCCC2)C[C@@H]1C. The maximum Gasteiger partial charge on any atom is 0.414 e. The zero-order valence-electron chi connectivity index (χ0n) is 22.5. The Bertz CT molecular complexity index is 1260. The highest BCUT2D eigenvalue weighted by molar-refractivity contribution is 7.91. The second kappa shape index (κ2) is 10.5. The molecule has 2 amide bonds. The molecule has 0 unspecified atom stereocenters. The monoisotopic (exact) mass is 526 g/mol. The summed E-state index contributed by atoms with van der Waals surface area (Å²) in [6.07, 6.45) is 4.60. The third-order valence-corrected chi connectivity index (χ3v) is 9.20. The number of hydrogen-bond donors (Lipinski definition) is 0. The lowest BCUT2D eigenvalue weighted by Gasteiger charge is -2.41. The van der Waals surface area contributed by atoms with Crippen LogP contribution in [0.25, 0.3) is 11.1 Å². The first-order valence-corrected chi connectivity index (χ1v) is 14.8. The second-order valence-corrected chi connectivity index (χ2v) is 13.5. The third-order valence-electron chi connectivity index (χ3n) is 6.96. The van der Waals surface area contributed by atoms with Gasteiger partial charge in [-0.05, 0) is 73.4 Å². The number of carbonyl (C=O) groups excluding carboxylic acids is 2. The van der Waals surface area contributed by atoms with E-state index in [4.69, 9.17) is 4.74 Å². The molecule has 37 heavy (non-hydrogen) atoms. The minimum Gasteiger partial charge on any atom is -0.446 e. The number of fused-ring (bicyclic) bond motifs is 1. The number of rotatable bonds is 4. The van der Waals surface area contributed by atoms with E-state index in [0.717, 1.165) is 36.8 Å². The van der Waals surface area contributed by atoms with Gasteiger partial charge in [0.15, 0.2) is 9.84 Å². The van der Waals surface area contributed by atoms with Gasteiger partial charge in [-0.2, -0.15) is 0 Å². The molecule has 1 aliphatic carbocycles. The molecule has 0 radical (unpaired) electrons. The molecule has 2 aliphatic rings. The lowest BCUT2D eigenvalue weighted by atomic mass is 9.98. The van der Waals surface area contributed by atoms with E-state index in [1.807, 2.05) is 45.9 Å². The molecule has 1 aliphatic heterocycles. The van der Waals surface area contributed by atoms with Gasteiger partial charge in [0.25, 0.3) is 0 Å². The maximum absolute atomic E-state index is 13.3. The summed E-state index contributed by atoms with van der Waals surface area (Å²) in [6, 6.07) is 12.3. The average Bonchev–Trinajstić information content (AvgIpc) is 2.82. The van der Waals surface area contributed by atoms with E-state index < -0.39 is 9.84 Å². The summed E-state index contributed by atoms with van der Waals surface area (Å²) in [5, 5.41) is 0. The molecule has 1 atom stereocenters. The van der Waals surface area contributed by atoms with Crippen LogP contribution in [0.1, 0.15) is 66.7 Å². The number of amides is 2. The third kappa shape index (κ3) is 6.17. The van der Waals surface area contributed by atoms with Crippen molar-refractivity contribution in [2.45, 2.75) is 83.8 Å². The van der Waals surface area contributed by atoms with Crippen LogP contribution in [0.3, 0.4) is 0 Å². The van der Waals surface area contributed by atoms with Crippen LogP contribution in [-0.2, 0) is 19.4 Å². The van der Waals surface area contributed by atoms with Crippen molar-refractivity contribution in [2.75, 3.05) is 22.1 Å². The van der Waals surface area contributed by atoms with Gasteiger partial charge in [0.2, 0.25) is 5.91 Å². The number of nitrogens with zero attached hydrogens (tertiary/aromatic N) is 2. The van der Waals surface area contributed by atoms with Crippen molar-refractivity contribution in [1.29, 1.82) is 0 Å². The quantitative estimate of drug-likeness (QED) is 0.473. The summed E-state index contributed by atoms with van der Waals surface area (Å²) < 4.78 is 31.5. The van der Waals surface area contributed by atoms with Gasteiger partial charge in [-0.3, -0.25) is 9.69 Å². The molecule has 0 bridgehead atoms. The highest BCUT2D eigenvalue weighted by Gasteiger charge is 2.35. The first kappa shape index (κ1) is 27.2. The molecule has 0 N–H and O–H groups in total. The normalized spacial score (nSPS) is 18.9. The van der Waals surface area contributed by atoms with Crippen LogP contribution in [0.2, 0.25) is 0 Å². The molecule has 200 valence electrons. The molecule has 8 heteroatoms. The van der Waals surface area contributed by atoms with E-state index >= 15 is 0 Å². The second-order valence-electron chi connectivity index (χ2n) is 11.5. The Kier molecular flexibility index (Phi) is 7.70. The summed E-state index contributed by atoms with van der Waals surface area (Å²) in [5.74, 6) is -0.0230. The van der Waals surface area contributed by atoms with Crippen molar-refractivity contribution in [3.63, 3.8) is 0 Å². The minimum atomic E-state index is -3.40. The van der Waals surface area contributed by atoms with E-state index in [2.05, 4.69) is 0 Å². The number of sulfone groups is 1. The van der Waals surface area contributed by atoms with Crippen LogP contribution in [-0.4, -0.2) is 44.9 Å². The smallest absolute Gasteiger partial charge is 0.414 e. The fourth-order valence-electron chi connectivity index (χ4n) is 5.35. The topological polar surface area (TPSA) is 84.0 Å². The van der Waals surface area contributed by atoms with E-state index in [1.54, 1.807) is 34.1 Å². The predicted octanol–water partition coefficient (Wildman–Crippen LogP) is 6.20. The van der Waals surface area contributed by atoms with Crippen molar-refractivity contribution in [3.05, 3.63) is 42.5 Å². The lowest BCUT2D eigenvalue weighted by molar-refractivity contribution is -0.117. The van der Waals surface area contributed by atoms with Gasteiger partial charge in [-0.25, -0.2) is 13.2 Å². The van der Waals surface area contributed by atoms with E-state index in [9.17, 15) is 18.0 Å². The van der Waals surface area contributed by atoms with Crippen LogP contribution in [0, 0.1) is 5.41 Å². The van der Waals surface area contributed by atoms with Crippen LogP contribution in [0.15, 0.2) is 47.4 Å². The van der Waals surface area contributed by atoms with Gasteiger partial charge in [0.1, 0.15) is 6.10 Å². The van der Waals surface area contributed by atoms with Crippen molar-refractivity contribution in [3.8, 4) is 11.1 Å². The van der Waals surface area contributed by atoms with Crippen LogP contribution >= 0.6 is 0 Å². The molecule has 0 aromatic heterocycles. The Balaban J connectivity index is 1.67. The molecule has 2 aromatic carbocycles. The molecular formula is C29H38N2O5S. The Morgan fingerprint density at radius 1 is 0.946 bits per heavy atom. The van der Waals surface area contributed by atoms with Crippen LogP contribution in [0.5, 0.6) is 0 Å². The minimum absolute atomic E-state index is 0.0648. The summed E-state index contributed by atoms with van der Waals surface area (Å²) >= 11 is 0. The molecule has 4 rings (SSSR count). The van der Waals surface area contributed by atoms with E-state index in [1.165, 1.54) is 13.3 Å². The Morgan fingerprint density at radius 3 is 2.16 bits per heavy atom. The molecule has 1 heterocycles. The fraction of sp³-hybridized carbons (Fsp3) is 0.517. The molecule has 0 spiro atoms. The lowest BCUT2D eigenvalue weighted by Crippen LogP contribution is -2.52. The Hall–Kier alpha value is -2.87. The molecule has 7 nitrogen and oxygen atoms in total. The van der Waals surface area contributed by atoms with Crippen molar-refractivity contribution in [1.82, 2.24) is 0 Å². The number of hydrogen-bond acceptors (Lipinski definition) is 5.